The normalized spacial score (nSPS) is 26.6. The predicted molar refractivity (Wildman–Crippen MR) is 107 cm³/mol. The fourth-order valence-corrected chi connectivity index (χ4v) is 5.65. The lowest BCUT2D eigenvalue weighted by molar-refractivity contribution is -0.164. The Kier molecular flexibility index (Phi) is 4.91. The number of carbonyl (C=O) groups is 2. The van der Waals surface area contributed by atoms with E-state index in [4.69, 9.17) is 16.3 Å². The number of rotatable bonds is 5. The van der Waals surface area contributed by atoms with Crippen LogP contribution in [-0.2, 0) is 14.3 Å². The molecule has 4 rings (SSSR count). The van der Waals surface area contributed by atoms with Crippen molar-refractivity contribution in [2.24, 2.45) is 0 Å². The molecule has 2 aliphatic rings. The first-order valence-corrected chi connectivity index (χ1v) is 10.3. The summed E-state index contributed by atoms with van der Waals surface area (Å²) >= 11 is 7.79. The molecule has 1 amide bonds. The zero-order valence-corrected chi connectivity index (χ0v) is 16.5. The van der Waals surface area contributed by atoms with Crippen molar-refractivity contribution in [2.45, 2.75) is 35.6 Å². The molecule has 0 spiro atoms. The van der Waals surface area contributed by atoms with Crippen molar-refractivity contribution in [1.29, 1.82) is 0 Å². The molecular weight excluding hydrogens is 382 g/mol. The third kappa shape index (κ3) is 3.23. The largest absolute Gasteiger partial charge is 0.451 e. The van der Waals surface area contributed by atoms with Gasteiger partial charge in [-0.05, 0) is 18.1 Å². The van der Waals surface area contributed by atoms with Gasteiger partial charge in [-0.15, -0.1) is 23.4 Å². The van der Waals surface area contributed by atoms with Crippen LogP contribution in [0.15, 0.2) is 60.7 Å². The van der Waals surface area contributed by atoms with Gasteiger partial charge in [0.2, 0.25) is 5.91 Å². The smallest absolute Gasteiger partial charge is 0.331 e. The van der Waals surface area contributed by atoms with Gasteiger partial charge in [-0.2, -0.15) is 0 Å². The number of nitrogens with zero attached hydrogens (tertiary/aromatic N) is 1. The molecule has 2 aromatic rings. The number of benzene rings is 2. The maximum Gasteiger partial charge on any atom is 0.331 e. The second-order valence-electron chi connectivity index (χ2n) is 7.06. The van der Waals surface area contributed by atoms with E-state index in [9.17, 15) is 9.59 Å². The summed E-state index contributed by atoms with van der Waals surface area (Å²) in [5, 5.41) is 0.0192. The van der Waals surface area contributed by atoms with E-state index >= 15 is 0 Å². The molecule has 4 nitrogen and oxygen atoms in total. The van der Waals surface area contributed by atoms with E-state index < -0.39 is 22.9 Å². The predicted octanol–water partition coefficient (Wildman–Crippen LogP) is 3.99. The highest BCUT2D eigenvalue weighted by molar-refractivity contribution is 8.01. The number of halogens is 1. The Morgan fingerprint density at radius 3 is 2.22 bits per heavy atom. The summed E-state index contributed by atoms with van der Waals surface area (Å²) in [6, 6.07) is 18.6. The standard InChI is InChI=1S/C21H20ClNO3S/c1-21(13-22)19(23-16(24)12-17(23)27-21)20(25)26-18(14-8-4-2-5-9-14)15-10-6-3-7-11-15/h2-11,17-19H,12-13H2,1H3/t17?,19-,21-/m0/s1. The number of β-lactam (4-membered cyclic amide) rings is 1. The molecule has 2 aliphatic heterocycles. The monoisotopic (exact) mass is 401 g/mol. The van der Waals surface area contributed by atoms with E-state index in [-0.39, 0.29) is 17.2 Å². The van der Waals surface area contributed by atoms with Crippen molar-refractivity contribution >= 4 is 35.2 Å². The topological polar surface area (TPSA) is 46.6 Å². The molecule has 2 aromatic carbocycles. The molecule has 27 heavy (non-hydrogen) atoms. The maximum atomic E-state index is 13.2. The van der Waals surface area contributed by atoms with Gasteiger partial charge >= 0.3 is 5.97 Å². The number of ether oxygens (including phenoxy) is 1. The number of fused-ring (bicyclic) bond motifs is 1. The van der Waals surface area contributed by atoms with E-state index in [0.29, 0.717) is 6.42 Å². The molecule has 3 atom stereocenters. The molecule has 0 aliphatic carbocycles. The van der Waals surface area contributed by atoms with Crippen LogP contribution in [0.3, 0.4) is 0 Å². The molecule has 0 radical (unpaired) electrons. The third-order valence-corrected chi connectivity index (χ3v) is 7.42. The van der Waals surface area contributed by atoms with Gasteiger partial charge < -0.3 is 9.64 Å². The SMILES string of the molecule is C[C@@]1(CCl)SC2CC(=O)N2[C@H]1C(=O)OC(c1ccccc1)c1ccccc1. The number of alkyl halides is 1. The van der Waals surface area contributed by atoms with Gasteiger partial charge in [-0.25, -0.2) is 4.79 Å². The molecule has 0 saturated carbocycles. The summed E-state index contributed by atoms with van der Waals surface area (Å²) < 4.78 is 5.45. The van der Waals surface area contributed by atoms with E-state index in [1.807, 2.05) is 67.6 Å². The Labute approximate surface area is 167 Å². The zero-order valence-electron chi connectivity index (χ0n) is 14.9. The molecule has 2 heterocycles. The van der Waals surface area contributed by atoms with Crippen molar-refractivity contribution in [2.75, 3.05) is 5.88 Å². The molecule has 0 bridgehead atoms. The van der Waals surface area contributed by atoms with Crippen LogP contribution in [0.5, 0.6) is 0 Å². The van der Waals surface area contributed by atoms with Crippen LogP contribution in [-0.4, -0.2) is 38.8 Å². The van der Waals surface area contributed by atoms with Crippen LogP contribution in [0.4, 0.5) is 0 Å². The zero-order chi connectivity index (χ0) is 19.0. The molecule has 6 heteroatoms. The van der Waals surface area contributed by atoms with Gasteiger partial charge in [0.25, 0.3) is 0 Å². The average Bonchev–Trinajstić information content (AvgIpc) is 2.95. The second-order valence-corrected chi connectivity index (χ2v) is 9.04. The molecule has 2 fully saturated rings. The van der Waals surface area contributed by atoms with Crippen LogP contribution >= 0.6 is 23.4 Å². The first-order valence-electron chi connectivity index (χ1n) is 8.89. The van der Waals surface area contributed by atoms with E-state index in [1.54, 1.807) is 16.7 Å². The van der Waals surface area contributed by atoms with Gasteiger partial charge in [0.15, 0.2) is 6.10 Å². The third-order valence-electron chi connectivity index (χ3n) is 5.14. The van der Waals surface area contributed by atoms with Crippen LogP contribution in [0.25, 0.3) is 0 Å². The van der Waals surface area contributed by atoms with Gasteiger partial charge in [0, 0.05) is 5.88 Å². The number of amides is 1. The van der Waals surface area contributed by atoms with Gasteiger partial charge in [0.05, 0.1) is 16.5 Å². The Morgan fingerprint density at radius 2 is 1.74 bits per heavy atom. The van der Waals surface area contributed by atoms with Crippen molar-refractivity contribution in [3.05, 3.63) is 71.8 Å². The fourth-order valence-electron chi connectivity index (χ4n) is 3.71. The maximum absolute atomic E-state index is 13.2. The molecule has 2 saturated heterocycles. The Hall–Kier alpha value is -1.98. The highest BCUT2D eigenvalue weighted by atomic mass is 35.5. The van der Waals surface area contributed by atoms with E-state index in [2.05, 4.69) is 0 Å². The highest BCUT2D eigenvalue weighted by Crippen LogP contribution is 2.52. The minimum Gasteiger partial charge on any atom is -0.451 e. The lowest BCUT2D eigenvalue weighted by atomic mass is 9.97. The summed E-state index contributed by atoms with van der Waals surface area (Å²) in [6.07, 6.45) is -0.0678. The highest BCUT2D eigenvalue weighted by Gasteiger charge is 2.61. The average molecular weight is 402 g/mol. The number of thioether (sulfide) groups is 1. The number of esters is 1. The van der Waals surface area contributed by atoms with E-state index in [0.717, 1.165) is 11.1 Å². The number of hydrogen-bond donors (Lipinski definition) is 0. The van der Waals surface area contributed by atoms with Crippen LogP contribution in [0.2, 0.25) is 0 Å². The van der Waals surface area contributed by atoms with Crippen molar-refractivity contribution in [3.8, 4) is 0 Å². The second kappa shape index (κ2) is 7.21. The first kappa shape index (κ1) is 18.4. The van der Waals surface area contributed by atoms with Crippen LogP contribution in [0, 0.1) is 0 Å². The van der Waals surface area contributed by atoms with Gasteiger partial charge in [-0.3, -0.25) is 4.79 Å². The van der Waals surface area contributed by atoms with Gasteiger partial charge in [0.1, 0.15) is 6.04 Å². The Balaban J connectivity index is 1.65. The summed E-state index contributed by atoms with van der Waals surface area (Å²) in [6.45, 7) is 1.93. The lowest BCUT2D eigenvalue weighted by Crippen LogP contribution is -2.58. The summed E-state index contributed by atoms with van der Waals surface area (Å²) in [4.78, 5) is 27.0. The molecule has 0 N–H and O–H groups in total. The lowest BCUT2D eigenvalue weighted by Gasteiger charge is -2.38. The quantitative estimate of drug-likeness (QED) is 0.431. The Morgan fingerprint density at radius 1 is 1.19 bits per heavy atom. The molecule has 140 valence electrons. The fraction of sp³-hybridized carbons (Fsp3) is 0.333. The first-order chi connectivity index (χ1) is 13.0. The minimum atomic E-state index is -0.666. The number of carbonyl (C=O) groups excluding carboxylic acids is 2. The number of hydrogen-bond acceptors (Lipinski definition) is 4. The van der Waals surface area contributed by atoms with Gasteiger partial charge in [-0.1, -0.05) is 60.7 Å². The van der Waals surface area contributed by atoms with Crippen LogP contribution < -0.4 is 0 Å². The van der Waals surface area contributed by atoms with Crippen LogP contribution in [0.1, 0.15) is 30.6 Å². The molecule has 1 unspecified atom stereocenters. The van der Waals surface area contributed by atoms with E-state index in [1.165, 1.54) is 0 Å². The molecule has 0 aromatic heterocycles. The summed E-state index contributed by atoms with van der Waals surface area (Å²) in [7, 11) is 0. The van der Waals surface area contributed by atoms with Crippen molar-refractivity contribution < 1.29 is 14.3 Å². The van der Waals surface area contributed by atoms with Crippen molar-refractivity contribution in [3.63, 3.8) is 0 Å². The molecular formula is C21H20ClNO3S. The van der Waals surface area contributed by atoms with Crippen molar-refractivity contribution in [1.82, 2.24) is 4.90 Å². The minimum absolute atomic E-state index is 0.0146. The summed E-state index contributed by atoms with van der Waals surface area (Å²) in [5.74, 6) is -0.142. The Bertz CT molecular complexity index is 808. The summed E-state index contributed by atoms with van der Waals surface area (Å²) in [5.41, 5.74) is 1.78.